The summed E-state index contributed by atoms with van der Waals surface area (Å²) >= 11 is 0. The molecule has 0 bridgehead atoms. The summed E-state index contributed by atoms with van der Waals surface area (Å²) in [6, 6.07) is 8.31. The van der Waals surface area contributed by atoms with Gasteiger partial charge >= 0.3 is 0 Å². The lowest BCUT2D eigenvalue weighted by molar-refractivity contribution is 0.216. The first-order chi connectivity index (χ1) is 11.1. The van der Waals surface area contributed by atoms with E-state index in [4.69, 9.17) is 4.42 Å². The van der Waals surface area contributed by atoms with Crippen LogP contribution in [-0.2, 0) is 10.0 Å². The molecule has 1 aliphatic heterocycles. The van der Waals surface area contributed by atoms with Crippen LogP contribution in [0.4, 0.5) is 4.39 Å². The molecule has 2 heterocycles. The van der Waals surface area contributed by atoms with Crippen molar-refractivity contribution in [1.29, 1.82) is 0 Å². The highest BCUT2D eigenvalue weighted by Crippen LogP contribution is 2.25. The molecule has 23 heavy (non-hydrogen) atoms. The lowest BCUT2D eigenvalue weighted by Gasteiger charge is -2.25. The molecule has 0 spiro atoms. The smallest absolute Gasteiger partial charge is 0.240 e. The minimum atomic E-state index is -3.68. The molecular weight excluding hydrogens is 319 g/mol. The molecule has 1 aromatic carbocycles. The van der Waals surface area contributed by atoms with Crippen LogP contribution in [0.1, 0.15) is 24.6 Å². The van der Waals surface area contributed by atoms with Crippen LogP contribution in [0.5, 0.6) is 0 Å². The fourth-order valence-electron chi connectivity index (χ4n) is 2.83. The second kappa shape index (κ2) is 6.82. The minimum Gasteiger partial charge on any atom is -0.468 e. The maximum absolute atomic E-state index is 12.9. The van der Waals surface area contributed by atoms with Gasteiger partial charge in [0.05, 0.1) is 17.2 Å². The Bertz CT molecular complexity index is 723. The molecule has 3 rings (SSSR count). The van der Waals surface area contributed by atoms with E-state index in [2.05, 4.69) is 9.62 Å². The maximum Gasteiger partial charge on any atom is 0.240 e. The van der Waals surface area contributed by atoms with Gasteiger partial charge in [-0.1, -0.05) is 0 Å². The Morgan fingerprint density at radius 3 is 2.48 bits per heavy atom. The van der Waals surface area contributed by atoms with E-state index >= 15 is 0 Å². The predicted octanol–water partition coefficient (Wildman–Crippen LogP) is 2.53. The van der Waals surface area contributed by atoms with Crippen molar-refractivity contribution in [2.75, 3.05) is 19.6 Å². The van der Waals surface area contributed by atoms with E-state index in [0.29, 0.717) is 0 Å². The third-order valence-corrected chi connectivity index (χ3v) is 5.48. The standard InChI is InChI=1S/C16H19FN2O3S/c17-13-5-7-14(8-6-13)23(20,21)18-12-15(16-4-3-11-22-16)19-9-1-2-10-19/h3-8,11,15,18H,1-2,9-10,12H2/t15-/m1/s1. The van der Waals surface area contributed by atoms with Gasteiger partial charge in [-0.2, -0.15) is 0 Å². The Morgan fingerprint density at radius 1 is 1.17 bits per heavy atom. The van der Waals surface area contributed by atoms with E-state index in [0.717, 1.165) is 43.8 Å². The summed E-state index contributed by atoms with van der Waals surface area (Å²) in [5, 5.41) is 0. The number of sulfonamides is 1. The summed E-state index contributed by atoms with van der Waals surface area (Å²) in [6.07, 6.45) is 3.79. The van der Waals surface area contributed by atoms with Gasteiger partial charge in [-0.15, -0.1) is 0 Å². The molecule has 5 nitrogen and oxygen atoms in total. The normalized spacial score (nSPS) is 17.4. The summed E-state index contributed by atoms with van der Waals surface area (Å²) in [7, 11) is -3.68. The predicted molar refractivity (Wildman–Crippen MR) is 83.8 cm³/mol. The summed E-state index contributed by atoms with van der Waals surface area (Å²) < 4.78 is 45.7. The molecule has 0 radical (unpaired) electrons. The molecule has 1 aliphatic rings. The lowest BCUT2D eigenvalue weighted by atomic mass is 10.2. The first kappa shape index (κ1) is 16.2. The summed E-state index contributed by atoms with van der Waals surface area (Å²) in [5.74, 6) is 0.281. The Hall–Kier alpha value is -1.70. The van der Waals surface area contributed by atoms with Crippen LogP contribution in [0.3, 0.4) is 0 Å². The average molecular weight is 338 g/mol. The molecule has 1 atom stereocenters. The zero-order chi connectivity index (χ0) is 16.3. The Kier molecular flexibility index (Phi) is 4.79. The summed E-state index contributed by atoms with van der Waals surface area (Å²) in [6.45, 7) is 2.06. The number of nitrogens with one attached hydrogen (secondary N) is 1. The number of hydrogen-bond acceptors (Lipinski definition) is 4. The second-order valence-electron chi connectivity index (χ2n) is 5.58. The van der Waals surface area contributed by atoms with Gasteiger partial charge in [0, 0.05) is 6.54 Å². The molecule has 1 N–H and O–H groups in total. The van der Waals surface area contributed by atoms with Gasteiger partial charge in [0.2, 0.25) is 10.0 Å². The number of furan rings is 1. The number of benzene rings is 1. The van der Waals surface area contributed by atoms with Crippen LogP contribution in [0, 0.1) is 5.82 Å². The lowest BCUT2D eigenvalue weighted by Crippen LogP contribution is -2.36. The first-order valence-corrected chi connectivity index (χ1v) is 9.07. The van der Waals surface area contributed by atoms with Crippen molar-refractivity contribution >= 4 is 10.0 Å². The van der Waals surface area contributed by atoms with Crippen molar-refractivity contribution in [1.82, 2.24) is 9.62 Å². The highest BCUT2D eigenvalue weighted by molar-refractivity contribution is 7.89. The Labute approximate surface area is 135 Å². The average Bonchev–Trinajstić information content (AvgIpc) is 3.21. The monoisotopic (exact) mass is 338 g/mol. The molecule has 0 unspecified atom stereocenters. The molecular formula is C16H19FN2O3S. The number of likely N-dealkylation sites (tertiary alicyclic amines) is 1. The third-order valence-electron chi connectivity index (χ3n) is 4.04. The fraction of sp³-hybridized carbons (Fsp3) is 0.375. The number of halogens is 1. The van der Waals surface area contributed by atoms with Gasteiger partial charge < -0.3 is 4.42 Å². The van der Waals surface area contributed by atoms with Gasteiger partial charge in [0.25, 0.3) is 0 Å². The number of nitrogens with zero attached hydrogens (tertiary/aromatic N) is 1. The quantitative estimate of drug-likeness (QED) is 0.879. The zero-order valence-corrected chi connectivity index (χ0v) is 13.4. The maximum atomic E-state index is 12.9. The summed E-state index contributed by atoms with van der Waals surface area (Å²) in [4.78, 5) is 2.27. The molecule has 0 amide bonds. The molecule has 1 fully saturated rings. The molecule has 2 aromatic rings. The zero-order valence-electron chi connectivity index (χ0n) is 12.6. The second-order valence-corrected chi connectivity index (χ2v) is 7.35. The van der Waals surface area contributed by atoms with E-state index in [1.165, 1.54) is 12.1 Å². The van der Waals surface area contributed by atoms with Crippen LogP contribution in [0.25, 0.3) is 0 Å². The molecule has 0 saturated carbocycles. The Balaban J connectivity index is 1.74. The van der Waals surface area contributed by atoms with E-state index in [-0.39, 0.29) is 17.5 Å². The van der Waals surface area contributed by atoms with Crippen LogP contribution in [0.2, 0.25) is 0 Å². The molecule has 124 valence electrons. The van der Waals surface area contributed by atoms with Crippen molar-refractivity contribution < 1.29 is 17.2 Å². The SMILES string of the molecule is O=S(=O)(NC[C@H](c1ccco1)N1CCCC1)c1ccc(F)cc1. The summed E-state index contributed by atoms with van der Waals surface area (Å²) in [5.41, 5.74) is 0. The number of rotatable bonds is 6. The van der Waals surface area contributed by atoms with Gasteiger partial charge in [-0.05, 0) is 62.3 Å². The van der Waals surface area contributed by atoms with Crippen molar-refractivity contribution in [3.05, 3.63) is 54.2 Å². The van der Waals surface area contributed by atoms with E-state index in [9.17, 15) is 12.8 Å². The topological polar surface area (TPSA) is 62.6 Å². The van der Waals surface area contributed by atoms with Crippen molar-refractivity contribution in [3.63, 3.8) is 0 Å². The van der Waals surface area contributed by atoms with Gasteiger partial charge in [-0.25, -0.2) is 17.5 Å². The van der Waals surface area contributed by atoms with Gasteiger partial charge in [0.15, 0.2) is 0 Å². The largest absolute Gasteiger partial charge is 0.468 e. The van der Waals surface area contributed by atoms with Crippen LogP contribution in [0.15, 0.2) is 52.0 Å². The van der Waals surface area contributed by atoms with Gasteiger partial charge in [-0.3, -0.25) is 4.90 Å². The van der Waals surface area contributed by atoms with E-state index in [1.54, 1.807) is 12.3 Å². The minimum absolute atomic E-state index is 0.0542. The molecule has 7 heteroatoms. The Morgan fingerprint density at radius 2 is 1.87 bits per heavy atom. The fourth-order valence-corrected chi connectivity index (χ4v) is 3.87. The van der Waals surface area contributed by atoms with E-state index in [1.807, 2.05) is 6.07 Å². The van der Waals surface area contributed by atoms with Crippen LogP contribution >= 0.6 is 0 Å². The van der Waals surface area contributed by atoms with Crippen molar-refractivity contribution in [3.8, 4) is 0 Å². The van der Waals surface area contributed by atoms with Crippen molar-refractivity contribution in [2.24, 2.45) is 0 Å². The van der Waals surface area contributed by atoms with Crippen molar-refractivity contribution in [2.45, 2.75) is 23.8 Å². The molecule has 1 saturated heterocycles. The van der Waals surface area contributed by atoms with Crippen LogP contribution < -0.4 is 4.72 Å². The first-order valence-electron chi connectivity index (χ1n) is 7.59. The van der Waals surface area contributed by atoms with Gasteiger partial charge in [0.1, 0.15) is 11.6 Å². The highest BCUT2D eigenvalue weighted by Gasteiger charge is 2.27. The highest BCUT2D eigenvalue weighted by atomic mass is 32.2. The third kappa shape index (κ3) is 3.80. The molecule has 1 aromatic heterocycles. The number of hydrogen-bond donors (Lipinski definition) is 1. The van der Waals surface area contributed by atoms with E-state index < -0.39 is 15.8 Å². The van der Waals surface area contributed by atoms with Crippen LogP contribution in [-0.4, -0.2) is 33.0 Å². The molecule has 0 aliphatic carbocycles.